The maximum Gasteiger partial charge on any atom is 0.226 e. The van der Waals surface area contributed by atoms with Crippen molar-refractivity contribution in [3.63, 3.8) is 0 Å². The van der Waals surface area contributed by atoms with Gasteiger partial charge < -0.3 is 4.90 Å². The number of carbonyl (C=O) groups excluding carboxylic acids is 1. The van der Waals surface area contributed by atoms with Crippen LogP contribution in [0.1, 0.15) is 46.0 Å². The van der Waals surface area contributed by atoms with E-state index >= 15 is 0 Å². The summed E-state index contributed by atoms with van der Waals surface area (Å²) in [6.07, 6.45) is 6.11. The van der Waals surface area contributed by atoms with Crippen molar-refractivity contribution in [2.45, 2.75) is 52.0 Å². The van der Waals surface area contributed by atoms with E-state index in [0.717, 1.165) is 36.6 Å². The standard InChI is InChI=1S/C14H24BrNO/c1-3-10(4-2)16(9-8-15)14(17)13-11-6-5-7-12(11)13/h10-13H,3-9H2,1-2H3. The largest absolute Gasteiger partial charge is 0.339 e. The minimum absolute atomic E-state index is 0.392. The molecule has 0 bridgehead atoms. The first-order valence-corrected chi connectivity index (χ1v) is 8.23. The average molecular weight is 302 g/mol. The second-order valence-corrected chi connectivity index (χ2v) is 6.27. The molecule has 2 rings (SSSR count). The van der Waals surface area contributed by atoms with Crippen LogP contribution in [-0.2, 0) is 4.79 Å². The van der Waals surface area contributed by atoms with Gasteiger partial charge in [-0.2, -0.15) is 0 Å². The van der Waals surface area contributed by atoms with E-state index in [1.54, 1.807) is 0 Å². The maximum atomic E-state index is 12.6. The van der Waals surface area contributed by atoms with Crippen molar-refractivity contribution in [2.24, 2.45) is 17.8 Å². The molecule has 2 unspecified atom stereocenters. The molecule has 0 saturated heterocycles. The zero-order valence-corrected chi connectivity index (χ0v) is 12.6. The minimum atomic E-state index is 0.392. The smallest absolute Gasteiger partial charge is 0.226 e. The van der Waals surface area contributed by atoms with Gasteiger partial charge in [0.2, 0.25) is 5.91 Å². The molecule has 98 valence electrons. The highest BCUT2D eigenvalue weighted by Crippen LogP contribution is 2.58. The van der Waals surface area contributed by atoms with E-state index in [0.29, 0.717) is 17.9 Å². The number of fused-ring (bicyclic) bond motifs is 1. The van der Waals surface area contributed by atoms with E-state index in [2.05, 4.69) is 34.7 Å². The Balaban J connectivity index is 1.98. The first kappa shape index (κ1) is 13.4. The molecule has 3 heteroatoms. The molecule has 0 aliphatic heterocycles. The molecule has 2 atom stereocenters. The van der Waals surface area contributed by atoms with Crippen molar-refractivity contribution < 1.29 is 4.79 Å². The lowest BCUT2D eigenvalue weighted by Crippen LogP contribution is -2.42. The molecule has 0 aromatic rings. The molecule has 2 fully saturated rings. The Morgan fingerprint density at radius 3 is 2.35 bits per heavy atom. The van der Waals surface area contributed by atoms with Crippen LogP contribution in [0.5, 0.6) is 0 Å². The van der Waals surface area contributed by atoms with Gasteiger partial charge in [-0.1, -0.05) is 36.2 Å². The van der Waals surface area contributed by atoms with Gasteiger partial charge in [-0.3, -0.25) is 4.79 Å². The van der Waals surface area contributed by atoms with Gasteiger partial charge in [-0.05, 0) is 37.5 Å². The molecule has 2 saturated carbocycles. The van der Waals surface area contributed by atoms with Gasteiger partial charge in [-0.15, -0.1) is 0 Å². The normalized spacial score (nSPS) is 30.5. The topological polar surface area (TPSA) is 20.3 Å². The van der Waals surface area contributed by atoms with Gasteiger partial charge in [0.05, 0.1) is 0 Å². The number of alkyl halides is 1. The van der Waals surface area contributed by atoms with Gasteiger partial charge in [0, 0.05) is 23.8 Å². The Kier molecular flexibility index (Phi) is 4.51. The molecule has 0 heterocycles. The van der Waals surface area contributed by atoms with Crippen molar-refractivity contribution in [3.8, 4) is 0 Å². The second kappa shape index (κ2) is 5.73. The van der Waals surface area contributed by atoms with Gasteiger partial charge in [0.1, 0.15) is 0 Å². The molecule has 0 radical (unpaired) electrons. The molecule has 0 aromatic heterocycles. The Morgan fingerprint density at radius 1 is 1.29 bits per heavy atom. The molecular weight excluding hydrogens is 278 g/mol. The number of nitrogens with zero attached hydrogens (tertiary/aromatic N) is 1. The third-order valence-electron chi connectivity index (χ3n) is 4.68. The number of carbonyl (C=O) groups is 1. The SMILES string of the molecule is CCC(CC)N(CCBr)C(=O)C1C2CCCC21. The summed E-state index contributed by atoms with van der Waals surface area (Å²) >= 11 is 3.48. The molecule has 0 aromatic carbocycles. The summed E-state index contributed by atoms with van der Waals surface area (Å²) in [5.74, 6) is 2.33. The maximum absolute atomic E-state index is 12.6. The van der Waals surface area contributed by atoms with E-state index in [9.17, 15) is 4.79 Å². The van der Waals surface area contributed by atoms with Crippen LogP contribution in [0.4, 0.5) is 0 Å². The molecule has 2 nitrogen and oxygen atoms in total. The second-order valence-electron chi connectivity index (χ2n) is 5.48. The van der Waals surface area contributed by atoms with Crippen molar-refractivity contribution in [1.29, 1.82) is 0 Å². The van der Waals surface area contributed by atoms with Crippen LogP contribution < -0.4 is 0 Å². The summed E-state index contributed by atoms with van der Waals surface area (Å²) in [5.41, 5.74) is 0. The monoisotopic (exact) mass is 301 g/mol. The van der Waals surface area contributed by atoms with E-state index < -0.39 is 0 Å². The fourth-order valence-corrected chi connectivity index (χ4v) is 4.05. The zero-order valence-electron chi connectivity index (χ0n) is 11.0. The number of rotatable bonds is 6. The molecule has 0 spiro atoms. The van der Waals surface area contributed by atoms with Crippen molar-refractivity contribution in [2.75, 3.05) is 11.9 Å². The predicted octanol–water partition coefficient (Wildman–Crippen LogP) is 3.44. The molecule has 1 amide bonds. The highest BCUT2D eigenvalue weighted by Gasteiger charge is 2.57. The number of halogens is 1. The third-order valence-corrected chi connectivity index (χ3v) is 5.04. The van der Waals surface area contributed by atoms with Gasteiger partial charge in [-0.25, -0.2) is 0 Å². The Morgan fingerprint density at radius 2 is 1.88 bits per heavy atom. The third kappa shape index (κ3) is 2.54. The van der Waals surface area contributed by atoms with E-state index in [-0.39, 0.29) is 0 Å². The van der Waals surface area contributed by atoms with Gasteiger partial charge >= 0.3 is 0 Å². The highest BCUT2D eigenvalue weighted by atomic mass is 79.9. The Labute approximate surface area is 113 Å². The average Bonchev–Trinajstić information content (AvgIpc) is 2.82. The molecular formula is C14H24BrNO. The Hall–Kier alpha value is -0.0500. The summed E-state index contributed by atoms with van der Waals surface area (Å²) in [5, 5.41) is 0.900. The van der Waals surface area contributed by atoms with Crippen molar-refractivity contribution in [1.82, 2.24) is 4.90 Å². The summed E-state index contributed by atoms with van der Waals surface area (Å²) in [6, 6.07) is 0.446. The van der Waals surface area contributed by atoms with Crippen molar-refractivity contribution in [3.05, 3.63) is 0 Å². The van der Waals surface area contributed by atoms with Crippen LogP contribution in [0.15, 0.2) is 0 Å². The van der Waals surface area contributed by atoms with Gasteiger partial charge in [0.25, 0.3) is 0 Å². The summed E-state index contributed by atoms with van der Waals surface area (Å²) < 4.78 is 0. The molecule has 2 aliphatic carbocycles. The Bertz CT molecular complexity index is 267. The van der Waals surface area contributed by atoms with E-state index in [4.69, 9.17) is 0 Å². The first-order chi connectivity index (χ1) is 8.24. The van der Waals surface area contributed by atoms with Crippen molar-refractivity contribution >= 4 is 21.8 Å². The summed E-state index contributed by atoms with van der Waals surface area (Å²) in [4.78, 5) is 14.7. The van der Waals surface area contributed by atoms with Gasteiger partial charge in [0.15, 0.2) is 0 Å². The van der Waals surface area contributed by atoms with Crippen LogP contribution in [0.3, 0.4) is 0 Å². The van der Waals surface area contributed by atoms with Crippen LogP contribution in [0.25, 0.3) is 0 Å². The summed E-state index contributed by atoms with van der Waals surface area (Å²) in [6.45, 7) is 5.26. The lowest BCUT2D eigenvalue weighted by Gasteiger charge is -2.30. The van der Waals surface area contributed by atoms with E-state index in [1.165, 1.54) is 19.3 Å². The van der Waals surface area contributed by atoms with Crippen LogP contribution in [-0.4, -0.2) is 28.7 Å². The minimum Gasteiger partial charge on any atom is -0.339 e. The lowest BCUT2D eigenvalue weighted by atomic mass is 10.1. The quantitative estimate of drug-likeness (QED) is 0.688. The predicted molar refractivity (Wildman–Crippen MR) is 74.2 cm³/mol. The molecule has 0 N–H and O–H groups in total. The molecule has 17 heavy (non-hydrogen) atoms. The fourth-order valence-electron chi connectivity index (χ4n) is 3.67. The summed E-state index contributed by atoms with van der Waals surface area (Å²) in [7, 11) is 0. The lowest BCUT2D eigenvalue weighted by molar-refractivity contribution is -0.135. The van der Waals surface area contributed by atoms with Crippen LogP contribution in [0.2, 0.25) is 0 Å². The number of amides is 1. The highest BCUT2D eigenvalue weighted by molar-refractivity contribution is 9.09. The van der Waals surface area contributed by atoms with E-state index in [1.807, 2.05) is 0 Å². The molecule has 2 aliphatic rings. The fraction of sp³-hybridized carbons (Fsp3) is 0.929. The number of hydrogen-bond donors (Lipinski definition) is 0. The zero-order chi connectivity index (χ0) is 12.4. The van der Waals surface area contributed by atoms with Crippen LogP contribution >= 0.6 is 15.9 Å². The first-order valence-electron chi connectivity index (χ1n) is 7.11. The number of hydrogen-bond acceptors (Lipinski definition) is 1. The van der Waals surface area contributed by atoms with Crippen LogP contribution in [0, 0.1) is 17.8 Å².